The van der Waals surface area contributed by atoms with E-state index in [1.54, 1.807) is 7.11 Å². The Morgan fingerprint density at radius 2 is 1.89 bits per heavy atom. The molecule has 1 aliphatic heterocycles. The Balaban J connectivity index is 1.64. The van der Waals surface area contributed by atoms with Crippen LogP contribution in [-0.4, -0.2) is 42.6 Å². The molecule has 1 aromatic carbocycles. The van der Waals surface area contributed by atoms with Crippen molar-refractivity contribution in [3.63, 3.8) is 0 Å². The summed E-state index contributed by atoms with van der Waals surface area (Å²) in [5, 5.41) is 2.97. The largest absolute Gasteiger partial charge is 0.496 e. The maximum Gasteiger partial charge on any atom is 0.270 e. The van der Waals surface area contributed by atoms with E-state index in [0.717, 1.165) is 30.2 Å². The van der Waals surface area contributed by atoms with E-state index in [-0.39, 0.29) is 5.91 Å². The van der Waals surface area contributed by atoms with Gasteiger partial charge in [0, 0.05) is 25.7 Å². The van der Waals surface area contributed by atoms with Crippen molar-refractivity contribution < 1.29 is 9.53 Å². The fourth-order valence-electron chi connectivity index (χ4n) is 3.44. The van der Waals surface area contributed by atoms with Crippen LogP contribution in [0, 0.1) is 6.92 Å². The summed E-state index contributed by atoms with van der Waals surface area (Å²) < 4.78 is 5.36. The summed E-state index contributed by atoms with van der Waals surface area (Å²) in [7, 11) is 1.66. The van der Waals surface area contributed by atoms with E-state index in [0.29, 0.717) is 24.5 Å². The molecule has 1 aromatic heterocycles. The first kappa shape index (κ1) is 19.1. The molecular weight excluding hydrogens is 340 g/mol. The minimum Gasteiger partial charge on any atom is -0.496 e. The van der Waals surface area contributed by atoms with E-state index in [1.165, 1.54) is 25.7 Å². The van der Waals surface area contributed by atoms with Gasteiger partial charge in [0.1, 0.15) is 23.1 Å². The molecule has 1 aliphatic rings. The minimum absolute atomic E-state index is 0.161. The molecule has 0 radical (unpaired) electrons. The van der Waals surface area contributed by atoms with Crippen molar-refractivity contribution in [2.24, 2.45) is 0 Å². The summed E-state index contributed by atoms with van der Waals surface area (Å²) in [4.78, 5) is 23.8. The second-order valence-corrected chi connectivity index (χ2v) is 6.88. The van der Waals surface area contributed by atoms with Crippen molar-refractivity contribution in [2.45, 2.75) is 39.0 Å². The summed E-state index contributed by atoms with van der Waals surface area (Å²) in [5.41, 5.74) is 1.51. The fraction of sp³-hybridized carbons (Fsp3) is 0.476. The minimum atomic E-state index is -0.161. The summed E-state index contributed by atoms with van der Waals surface area (Å²) in [6.07, 6.45) is 5.57. The van der Waals surface area contributed by atoms with Crippen LogP contribution in [0.4, 0.5) is 5.82 Å². The number of aromatic nitrogens is 2. The zero-order chi connectivity index (χ0) is 19.1. The van der Waals surface area contributed by atoms with Gasteiger partial charge >= 0.3 is 0 Å². The number of aryl methyl sites for hydroxylation is 1. The van der Waals surface area contributed by atoms with E-state index >= 15 is 0 Å². The van der Waals surface area contributed by atoms with E-state index < -0.39 is 0 Å². The molecule has 1 amide bonds. The summed E-state index contributed by atoms with van der Waals surface area (Å²) in [6, 6.07) is 9.67. The highest BCUT2D eigenvalue weighted by Gasteiger charge is 2.16. The first-order valence-corrected chi connectivity index (χ1v) is 9.68. The van der Waals surface area contributed by atoms with Crippen molar-refractivity contribution in [1.29, 1.82) is 0 Å². The summed E-state index contributed by atoms with van der Waals surface area (Å²) in [5.74, 6) is 2.17. The van der Waals surface area contributed by atoms with Crippen molar-refractivity contribution in [3.8, 4) is 5.75 Å². The predicted octanol–water partition coefficient (Wildman–Crippen LogP) is 3.15. The van der Waals surface area contributed by atoms with Crippen LogP contribution >= 0.6 is 0 Å². The molecular formula is C21H28N4O2. The lowest BCUT2D eigenvalue weighted by molar-refractivity contribution is 0.0948. The molecule has 0 aliphatic carbocycles. The molecule has 0 spiro atoms. The van der Waals surface area contributed by atoms with Gasteiger partial charge < -0.3 is 15.0 Å². The maximum atomic E-state index is 12.6. The number of anilines is 1. The Morgan fingerprint density at radius 3 is 2.63 bits per heavy atom. The number of rotatable bonds is 6. The smallest absolute Gasteiger partial charge is 0.270 e. The van der Waals surface area contributed by atoms with Gasteiger partial charge in [-0.25, -0.2) is 9.97 Å². The van der Waals surface area contributed by atoms with Gasteiger partial charge in [-0.2, -0.15) is 0 Å². The normalized spacial score (nSPS) is 14.5. The van der Waals surface area contributed by atoms with Gasteiger partial charge in [0.15, 0.2) is 0 Å². The molecule has 1 fully saturated rings. The third-order valence-corrected chi connectivity index (χ3v) is 4.86. The molecule has 1 saturated heterocycles. The van der Waals surface area contributed by atoms with Gasteiger partial charge in [-0.3, -0.25) is 4.79 Å². The number of nitrogens with zero attached hydrogens (tertiary/aromatic N) is 3. The van der Waals surface area contributed by atoms with Crippen molar-refractivity contribution in [2.75, 3.05) is 31.6 Å². The lowest BCUT2D eigenvalue weighted by Crippen LogP contribution is -2.29. The number of amides is 1. The second kappa shape index (κ2) is 9.35. The quantitative estimate of drug-likeness (QED) is 0.848. The third-order valence-electron chi connectivity index (χ3n) is 4.86. The third kappa shape index (κ3) is 5.18. The molecule has 2 aromatic rings. The van der Waals surface area contributed by atoms with Crippen LogP contribution in [0.15, 0.2) is 30.3 Å². The Hall–Kier alpha value is -2.63. The van der Waals surface area contributed by atoms with E-state index in [4.69, 9.17) is 4.74 Å². The number of benzene rings is 1. The summed E-state index contributed by atoms with van der Waals surface area (Å²) >= 11 is 0. The lowest BCUT2D eigenvalue weighted by Gasteiger charge is -2.22. The number of carbonyl (C=O) groups is 1. The first-order valence-electron chi connectivity index (χ1n) is 9.68. The van der Waals surface area contributed by atoms with Gasteiger partial charge in [-0.1, -0.05) is 31.0 Å². The van der Waals surface area contributed by atoms with Crippen LogP contribution in [0.3, 0.4) is 0 Å². The Labute approximate surface area is 161 Å². The van der Waals surface area contributed by atoms with Gasteiger partial charge in [0.05, 0.1) is 7.11 Å². The highest BCUT2D eigenvalue weighted by molar-refractivity contribution is 5.93. The molecule has 0 bridgehead atoms. The number of hydrogen-bond acceptors (Lipinski definition) is 5. The SMILES string of the molecule is COc1ccccc1CCNC(=O)c1cc(N2CCCCCC2)nc(C)n1. The molecule has 144 valence electrons. The standard InChI is InChI=1S/C21H28N4O2/c1-16-23-18(15-20(24-16)25-13-7-3-4-8-14-25)21(26)22-12-11-17-9-5-6-10-19(17)27-2/h5-6,9-10,15H,3-4,7-8,11-14H2,1-2H3,(H,22,26). The molecule has 1 N–H and O–H groups in total. The molecule has 6 heteroatoms. The van der Waals surface area contributed by atoms with Crippen LogP contribution in [0.1, 0.15) is 47.6 Å². The number of carbonyl (C=O) groups excluding carboxylic acids is 1. The van der Waals surface area contributed by atoms with Crippen molar-refractivity contribution in [1.82, 2.24) is 15.3 Å². The fourth-order valence-corrected chi connectivity index (χ4v) is 3.44. The van der Waals surface area contributed by atoms with E-state index in [2.05, 4.69) is 20.2 Å². The molecule has 0 atom stereocenters. The Kier molecular flexibility index (Phi) is 6.63. The average Bonchev–Trinajstić information content (AvgIpc) is 2.97. The average molecular weight is 368 g/mol. The van der Waals surface area contributed by atoms with Crippen molar-refractivity contribution in [3.05, 3.63) is 47.4 Å². The van der Waals surface area contributed by atoms with E-state index in [9.17, 15) is 4.79 Å². The Morgan fingerprint density at radius 1 is 1.15 bits per heavy atom. The zero-order valence-corrected chi connectivity index (χ0v) is 16.2. The van der Waals surface area contributed by atoms with Crippen LogP contribution < -0.4 is 15.0 Å². The Bertz CT molecular complexity index is 771. The number of hydrogen-bond donors (Lipinski definition) is 1. The molecule has 6 nitrogen and oxygen atoms in total. The summed E-state index contributed by atoms with van der Waals surface area (Å²) in [6.45, 7) is 4.35. The zero-order valence-electron chi connectivity index (χ0n) is 16.2. The maximum absolute atomic E-state index is 12.6. The predicted molar refractivity (Wildman–Crippen MR) is 106 cm³/mol. The molecule has 27 heavy (non-hydrogen) atoms. The highest BCUT2D eigenvalue weighted by Crippen LogP contribution is 2.19. The monoisotopic (exact) mass is 368 g/mol. The molecule has 0 saturated carbocycles. The van der Waals surface area contributed by atoms with Crippen LogP contribution in [0.2, 0.25) is 0 Å². The number of nitrogens with one attached hydrogen (secondary N) is 1. The van der Waals surface area contributed by atoms with Crippen LogP contribution in [0.5, 0.6) is 5.75 Å². The van der Waals surface area contributed by atoms with Crippen molar-refractivity contribution >= 4 is 11.7 Å². The topological polar surface area (TPSA) is 67.3 Å². The van der Waals surface area contributed by atoms with Gasteiger partial charge in [-0.05, 0) is 37.8 Å². The van der Waals surface area contributed by atoms with Gasteiger partial charge in [-0.15, -0.1) is 0 Å². The molecule has 0 unspecified atom stereocenters. The molecule has 3 rings (SSSR count). The number of methoxy groups -OCH3 is 1. The highest BCUT2D eigenvalue weighted by atomic mass is 16.5. The van der Waals surface area contributed by atoms with E-state index in [1.807, 2.05) is 37.3 Å². The van der Waals surface area contributed by atoms with Crippen LogP contribution in [0.25, 0.3) is 0 Å². The number of para-hydroxylation sites is 1. The second-order valence-electron chi connectivity index (χ2n) is 6.88. The number of ether oxygens (including phenoxy) is 1. The first-order chi connectivity index (χ1) is 13.2. The lowest BCUT2D eigenvalue weighted by atomic mass is 10.1. The van der Waals surface area contributed by atoms with Gasteiger partial charge in [0.25, 0.3) is 5.91 Å². The van der Waals surface area contributed by atoms with Gasteiger partial charge in [0.2, 0.25) is 0 Å². The van der Waals surface area contributed by atoms with Crippen LogP contribution in [-0.2, 0) is 6.42 Å². The molecule has 2 heterocycles.